The molecule has 4 heterocycles. The van der Waals surface area contributed by atoms with Gasteiger partial charge in [0.05, 0.1) is 6.20 Å². The number of hydrogen-bond donors (Lipinski definition) is 1. The van der Waals surface area contributed by atoms with Crippen LogP contribution in [-0.2, 0) is 0 Å². The molecule has 22 heavy (non-hydrogen) atoms. The normalized spacial score (nSPS) is 18.7. The van der Waals surface area contributed by atoms with Crippen molar-refractivity contribution in [2.75, 3.05) is 13.1 Å². The molecular weight excluding hydrogens is 278 g/mol. The van der Waals surface area contributed by atoms with E-state index in [1.165, 1.54) is 0 Å². The van der Waals surface area contributed by atoms with Gasteiger partial charge >= 0.3 is 0 Å². The van der Waals surface area contributed by atoms with Crippen molar-refractivity contribution < 1.29 is 4.79 Å². The van der Waals surface area contributed by atoms with Crippen molar-refractivity contribution in [3.05, 3.63) is 54.2 Å². The largest absolute Gasteiger partial charge is 0.337 e. The monoisotopic (exact) mass is 295 g/mol. The minimum Gasteiger partial charge on any atom is -0.337 e. The third-order valence-corrected chi connectivity index (χ3v) is 4.31. The molecule has 1 atom stereocenters. The Morgan fingerprint density at radius 2 is 2.27 bits per heavy atom. The number of amides is 1. The van der Waals surface area contributed by atoms with Crippen LogP contribution < -0.4 is 0 Å². The molecule has 1 fully saturated rings. The zero-order valence-electron chi connectivity index (χ0n) is 12.1. The number of hydrogen-bond acceptors (Lipinski definition) is 3. The molecule has 1 N–H and O–H groups in total. The number of H-pyrrole nitrogens is 1. The maximum Gasteiger partial charge on any atom is 0.272 e. The highest BCUT2D eigenvalue weighted by atomic mass is 16.2. The molecule has 6 heteroatoms. The SMILES string of the molecule is O=C(c1cnc2ccccn12)N1CCC[C@H](c2ccn[nH]2)C1. The quantitative estimate of drug-likeness (QED) is 0.787. The van der Waals surface area contributed by atoms with Gasteiger partial charge in [-0.2, -0.15) is 5.10 Å². The zero-order valence-corrected chi connectivity index (χ0v) is 12.1. The molecule has 0 spiro atoms. The number of fused-ring (bicyclic) bond motifs is 1. The van der Waals surface area contributed by atoms with Gasteiger partial charge in [0.1, 0.15) is 11.3 Å². The molecular formula is C16H17N5O. The first kappa shape index (κ1) is 13.1. The lowest BCUT2D eigenvalue weighted by molar-refractivity contribution is 0.0699. The van der Waals surface area contributed by atoms with Crippen molar-refractivity contribution in [2.45, 2.75) is 18.8 Å². The first-order chi connectivity index (χ1) is 10.8. The lowest BCUT2D eigenvalue weighted by atomic mass is 9.95. The van der Waals surface area contributed by atoms with Gasteiger partial charge in [0.15, 0.2) is 0 Å². The van der Waals surface area contributed by atoms with Crippen LogP contribution in [0.25, 0.3) is 5.65 Å². The molecule has 0 aliphatic carbocycles. The Morgan fingerprint density at radius 3 is 3.14 bits per heavy atom. The fraction of sp³-hybridized carbons (Fsp3) is 0.312. The van der Waals surface area contributed by atoms with E-state index in [2.05, 4.69) is 15.2 Å². The van der Waals surface area contributed by atoms with Crippen molar-refractivity contribution in [3.8, 4) is 0 Å². The lowest BCUT2D eigenvalue weighted by Crippen LogP contribution is -2.39. The highest BCUT2D eigenvalue weighted by molar-refractivity contribution is 5.93. The Bertz CT molecular complexity index is 792. The number of aromatic amines is 1. The second-order valence-electron chi connectivity index (χ2n) is 5.67. The Balaban J connectivity index is 1.60. The van der Waals surface area contributed by atoms with Gasteiger partial charge in [0.2, 0.25) is 0 Å². The summed E-state index contributed by atoms with van der Waals surface area (Å²) in [5, 5.41) is 7.04. The molecule has 3 aromatic rings. The van der Waals surface area contributed by atoms with E-state index in [0.717, 1.165) is 37.3 Å². The van der Waals surface area contributed by atoms with E-state index < -0.39 is 0 Å². The number of likely N-dealkylation sites (tertiary alicyclic amines) is 1. The number of aromatic nitrogens is 4. The van der Waals surface area contributed by atoms with E-state index in [9.17, 15) is 4.79 Å². The molecule has 1 aliphatic heterocycles. The summed E-state index contributed by atoms with van der Waals surface area (Å²) >= 11 is 0. The topological polar surface area (TPSA) is 66.3 Å². The van der Waals surface area contributed by atoms with Crippen molar-refractivity contribution in [1.82, 2.24) is 24.5 Å². The van der Waals surface area contributed by atoms with Gasteiger partial charge in [-0.15, -0.1) is 0 Å². The van der Waals surface area contributed by atoms with Gasteiger partial charge < -0.3 is 4.90 Å². The summed E-state index contributed by atoms with van der Waals surface area (Å²) in [4.78, 5) is 19.1. The predicted octanol–water partition coefficient (Wildman–Crippen LogP) is 2.08. The van der Waals surface area contributed by atoms with Crippen LogP contribution >= 0.6 is 0 Å². The van der Waals surface area contributed by atoms with Crippen LogP contribution in [0.5, 0.6) is 0 Å². The Morgan fingerprint density at radius 1 is 1.32 bits per heavy atom. The summed E-state index contributed by atoms with van der Waals surface area (Å²) in [5.74, 6) is 0.377. The smallest absolute Gasteiger partial charge is 0.272 e. The van der Waals surface area contributed by atoms with Crippen molar-refractivity contribution >= 4 is 11.6 Å². The summed E-state index contributed by atoms with van der Waals surface area (Å²) in [5.41, 5.74) is 2.53. The fourth-order valence-electron chi connectivity index (χ4n) is 3.16. The molecule has 0 unspecified atom stereocenters. The second-order valence-corrected chi connectivity index (χ2v) is 5.67. The highest BCUT2D eigenvalue weighted by Gasteiger charge is 2.27. The third kappa shape index (κ3) is 2.16. The molecule has 1 saturated heterocycles. The summed E-state index contributed by atoms with van der Waals surface area (Å²) in [6.07, 6.45) is 7.40. The number of imidazole rings is 1. The number of nitrogens with zero attached hydrogens (tertiary/aromatic N) is 4. The maximum atomic E-state index is 12.8. The number of piperidine rings is 1. The van der Waals surface area contributed by atoms with Gasteiger partial charge in [-0.1, -0.05) is 6.07 Å². The molecule has 1 amide bonds. The van der Waals surface area contributed by atoms with Crippen LogP contribution in [-0.4, -0.2) is 43.5 Å². The molecule has 1 aliphatic rings. The summed E-state index contributed by atoms with van der Waals surface area (Å²) in [6.45, 7) is 1.52. The maximum absolute atomic E-state index is 12.8. The van der Waals surface area contributed by atoms with Gasteiger partial charge in [0, 0.05) is 37.1 Å². The van der Waals surface area contributed by atoms with Crippen LogP contribution in [0.1, 0.15) is 34.9 Å². The minimum absolute atomic E-state index is 0.0444. The van der Waals surface area contributed by atoms with Crippen LogP contribution in [0.4, 0.5) is 0 Å². The van der Waals surface area contributed by atoms with E-state index in [-0.39, 0.29) is 5.91 Å². The van der Waals surface area contributed by atoms with Crippen molar-refractivity contribution in [2.24, 2.45) is 0 Å². The van der Waals surface area contributed by atoms with E-state index in [1.54, 1.807) is 12.4 Å². The third-order valence-electron chi connectivity index (χ3n) is 4.31. The van der Waals surface area contributed by atoms with Crippen molar-refractivity contribution in [3.63, 3.8) is 0 Å². The Kier molecular flexibility index (Phi) is 3.14. The molecule has 112 valence electrons. The summed E-state index contributed by atoms with van der Waals surface area (Å²) in [7, 11) is 0. The first-order valence-corrected chi connectivity index (χ1v) is 7.53. The van der Waals surface area contributed by atoms with Crippen LogP contribution in [0, 0.1) is 0 Å². The molecule has 6 nitrogen and oxygen atoms in total. The predicted molar refractivity (Wildman–Crippen MR) is 81.7 cm³/mol. The molecule has 0 saturated carbocycles. The van der Waals surface area contributed by atoms with Gasteiger partial charge in [0.25, 0.3) is 5.91 Å². The Hall–Kier alpha value is -2.63. The van der Waals surface area contributed by atoms with E-state index in [4.69, 9.17) is 0 Å². The van der Waals surface area contributed by atoms with E-state index in [1.807, 2.05) is 39.8 Å². The number of carbonyl (C=O) groups excluding carboxylic acids is 1. The second kappa shape index (κ2) is 5.29. The summed E-state index contributed by atoms with van der Waals surface area (Å²) in [6, 6.07) is 7.73. The molecule has 3 aromatic heterocycles. The van der Waals surface area contributed by atoms with Crippen molar-refractivity contribution in [1.29, 1.82) is 0 Å². The first-order valence-electron chi connectivity index (χ1n) is 7.53. The number of nitrogens with one attached hydrogen (secondary N) is 1. The fourth-order valence-corrected chi connectivity index (χ4v) is 3.16. The van der Waals surface area contributed by atoms with E-state index >= 15 is 0 Å². The molecule has 0 aromatic carbocycles. The standard InChI is InChI=1S/C16H17N5O/c22-16(14-10-17-15-5-1-2-9-21(14)15)20-8-3-4-12(11-20)13-6-7-18-19-13/h1-2,5-7,9-10,12H,3-4,8,11H2,(H,18,19)/t12-/m0/s1. The van der Waals surface area contributed by atoms with Gasteiger partial charge in [-0.3, -0.25) is 14.3 Å². The number of rotatable bonds is 2. The van der Waals surface area contributed by atoms with Gasteiger partial charge in [-0.05, 0) is 31.0 Å². The van der Waals surface area contributed by atoms with E-state index in [0.29, 0.717) is 11.6 Å². The molecule has 4 rings (SSSR count). The number of carbonyl (C=O) groups is 1. The summed E-state index contributed by atoms with van der Waals surface area (Å²) < 4.78 is 1.85. The number of pyridine rings is 1. The van der Waals surface area contributed by atoms with Crippen LogP contribution in [0.15, 0.2) is 42.9 Å². The van der Waals surface area contributed by atoms with Crippen LogP contribution in [0.3, 0.4) is 0 Å². The zero-order chi connectivity index (χ0) is 14.9. The molecule has 0 bridgehead atoms. The Labute approximate surface area is 127 Å². The average Bonchev–Trinajstić information content (AvgIpc) is 3.24. The minimum atomic E-state index is 0.0444. The average molecular weight is 295 g/mol. The van der Waals surface area contributed by atoms with Crippen LogP contribution in [0.2, 0.25) is 0 Å². The van der Waals surface area contributed by atoms with Gasteiger partial charge in [-0.25, -0.2) is 4.98 Å². The lowest BCUT2D eigenvalue weighted by Gasteiger charge is -2.32. The molecule has 0 radical (unpaired) electrons. The highest BCUT2D eigenvalue weighted by Crippen LogP contribution is 2.26.